The molecule has 3 heterocycles. The number of aromatic nitrogens is 1. The van der Waals surface area contributed by atoms with Crippen LogP contribution in [0.15, 0.2) is 0 Å². The van der Waals surface area contributed by atoms with E-state index in [0.717, 1.165) is 25.6 Å². The number of anilines is 1. The van der Waals surface area contributed by atoms with E-state index in [1.165, 1.54) is 48.2 Å². The fraction of sp³-hybridized carbons (Fsp3) is 0.812. The average Bonchev–Trinajstić information content (AvgIpc) is 3.12. The Morgan fingerprint density at radius 1 is 1.38 bits per heavy atom. The quantitative estimate of drug-likeness (QED) is 0.906. The molecule has 2 saturated heterocycles. The Kier molecular flexibility index (Phi) is 4.82. The SMILES string of the molecule is CCC(C)c1nc(N2CCN3CCCC3C2)sc1CNC. The Hall–Kier alpha value is -0.650. The molecular weight excluding hydrogens is 280 g/mol. The predicted octanol–water partition coefficient (Wildman–Crippen LogP) is 2.66. The maximum Gasteiger partial charge on any atom is 0.185 e. The molecular formula is C16H28N4S. The molecule has 0 aromatic carbocycles. The summed E-state index contributed by atoms with van der Waals surface area (Å²) < 4.78 is 0. The van der Waals surface area contributed by atoms with E-state index in [4.69, 9.17) is 4.98 Å². The second kappa shape index (κ2) is 6.63. The predicted molar refractivity (Wildman–Crippen MR) is 90.4 cm³/mol. The first-order valence-corrected chi connectivity index (χ1v) is 9.17. The Bertz CT molecular complexity index is 473. The largest absolute Gasteiger partial charge is 0.345 e. The summed E-state index contributed by atoms with van der Waals surface area (Å²) in [7, 11) is 2.02. The first kappa shape index (κ1) is 15.3. The van der Waals surface area contributed by atoms with Gasteiger partial charge in [0.2, 0.25) is 0 Å². The van der Waals surface area contributed by atoms with Crippen LogP contribution in [0.3, 0.4) is 0 Å². The van der Waals surface area contributed by atoms with Crippen molar-refractivity contribution in [3.63, 3.8) is 0 Å². The van der Waals surface area contributed by atoms with E-state index < -0.39 is 0 Å². The summed E-state index contributed by atoms with van der Waals surface area (Å²) in [6.07, 6.45) is 3.90. The number of hydrogen-bond acceptors (Lipinski definition) is 5. The van der Waals surface area contributed by atoms with Crippen molar-refractivity contribution >= 4 is 16.5 Å². The van der Waals surface area contributed by atoms with Gasteiger partial charge in [0, 0.05) is 37.1 Å². The summed E-state index contributed by atoms with van der Waals surface area (Å²) in [6.45, 7) is 10.3. The van der Waals surface area contributed by atoms with Gasteiger partial charge in [-0.3, -0.25) is 4.90 Å². The molecule has 0 saturated carbocycles. The number of thiazole rings is 1. The van der Waals surface area contributed by atoms with Crippen LogP contribution in [-0.4, -0.2) is 49.2 Å². The zero-order chi connectivity index (χ0) is 14.8. The van der Waals surface area contributed by atoms with Crippen LogP contribution in [0.2, 0.25) is 0 Å². The van der Waals surface area contributed by atoms with Gasteiger partial charge in [-0.05, 0) is 38.8 Å². The van der Waals surface area contributed by atoms with Crippen LogP contribution in [0.1, 0.15) is 49.6 Å². The summed E-state index contributed by atoms with van der Waals surface area (Å²) in [4.78, 5) is 11.6. The van der Waals surface area contributed by atoms with Crippen molar-refractivity contribution in [2.24, 2.45) is 0 Å². The van der Waals surface area contributed by atoms with Gasteiger partial charge in [-0.1, -0.05) is 13.8 Å². The van der Waals surface area contributed by atoms with Crippen molar-refractivity contribution in [1.82, 2.24) is 15.2 Å². The van der Waals surface area contributed by atoms with Crippen LogP contribution >= 0.6 is 11.3 Å². The smallest absolute Gasteiger partial charge is 0.185 e. The van der Waals surface area contributed by atoms with Crippen LogP contribution < -0.4 is 10.2 Å². The highest BCUT2D eigenvalue weighted by Crippen LogP contribution is 2.34. The summed E-state index contributed by atoms with van der Waals surface area (Å²) in [5, 5.41) is 4.55. The minimum atomic E-state index is 0.561. The molecule has 0 aliphatic carbocycles. The van der Waals surface area contributed by atoms with E-state index >= 15 is 0 Å². The molecule has 1 aromatic rings. The highest BCUT2D eigenvalue weighted by molar-refractivity contribution is 7.15. The van der Waals surface area contributed by atoms with E-state index in [9.17, 15) is 0 Å². The summed E-state index contributed by atoms with van der Waals surface area (Å²) in [5.74, 6) is 0.561. The Morgan fingerprint density at radius 3 is 3.00 bits per heavy atom. The number of rotatable bonds is 5. The Balaban J connectivity index is 1.78. The Morgan fingerprint density at radius 2 is 2.24 bits per heavy atom. The molecule has 1 N–H and O–H groups in total. The fourth-order valence-corrected chi connectivity index (χ4v) is 4.74. The molecule has 2 atom stereocenters. The summed E-state index contributed by atoms with van der Waals surface area (Å²) >= 11 is 1.90. The molecule has 1 aromatic heterocycles. The second-order valence-corrected chi connectivity index (χ2v) is 7.48. The van der Waals surface area contributed by atoms with Crippen molar-refractivity contribution in [2.75, 3.05) is 38.1 Å². The molecule has 0 spiro atoms. The van der Waals surface area contributed by atoms with Crippen LogP contribution in [0, 0.1) is 0 Å². The van der Waals surface area contributed by atoms with Crippen molar-refractivity contribution in [3.05, 3.63) is 10.6 Å². The first-order chi connectivity index (χ1) is 10.2. The minimum Gasteiger partial charge on any atom is -0.345 e. The van der Waals surface area contributed by atoms with Crippen molar-refractivity contribution in [2.45, 2.75) is 51.6 Å². The normalized spacial score (nSPS) is 24.3. The van der Waals surface area contributed by atoms with E-state index in [2.05, 4.69) is 29.0 Å². The highest BCUT2D eigenvalue weighted by Gasteiger charge is 2.32. The molecule has 2 fully saturated rings. The standard InChI is InChI=1S/C16H28N4S/c1-4-12(2)15-14(10-17-3)21-16(18-15)20-9-8-19-7-5-6-13(19)11-20/h12-13,17H,4-11H2,1-3H3. The monoisotopic (exact) mass is 308 g/mol. The van der Waals surface area contributed by atoms with Crippen molar-refractivity contribution in [1.29, 1.82) is 0 Å². The molecule has 4 nitrogen and oxygen atoms in total. The van der Waals surface area contributed by atoms with Gasteiger partial charge in [0.25, 0.3) is 0 Å². The maximum atomic E-state index is 5.02. The van der Waals surface area contributed by atoms with Gasteiger partial charge < -0.3 is 10.2 Å². The maximum absolute atomic E-state index is 5.02. The van der Waals surface area contributed by atoms with Gasteiger partial charge in [0.05, 0.1) is 5.69 Å². The third-order valence-corrected chi connectivity index (χ3v) is 6.12. The van der Waals surface area contributed by atoms with Crippen molar-refractivity contribution in [3.8, 4) is 0 Å². The topological polar surface area (TPSA) is 31.4 Å². The molecule has 5 heteroatoms. The molecule has 0 amide bonds. The van der Waals surface area contributed by atoms with Crippen LogP contribution in [0.25, 0.3) is 0 Å². The van der Waals surface area contributed by atoms with E-state index in [-0.39, 0.29) is 0 Å². The number of nitrogens with zero attached hydrogens (tertiary/aromatic N) is 3. The second-order valence-electron chi connectivity index (χ2n) is 6.42. The van der Waals surface area contributed by atoms with Gasteiger partial charge in [-0.15, -0.1) is 11.3 Å². The third-order valence-electron chi connectivity index (χ3n) is 4.99. The number of fused-ring (bicyclic) bond motifs is 1. The lowest BCUT2D eigenvalue weighted by atomic mass is 10.0. The number of nitrogens with one attached hydrogen (secondary N) is 1. The van der Waals surface area contributed by atoms with Gasteiger partial charge >= 0.3 is 0 Å². The third kappa shape index (κ3) is 3.10. The minimum absolute atomic E-state index is 0.561. The molecule has 118 valence electrons. The lowest BCUT2D eigenvalue weighted by Crippen LogP contribution is -2.50. The van der Waals surface area contributed by atoms with E-state index in [1.807, 2.05) is 18.4 Å². The van der Waals surface area contributed by atoms with Crippen molar-refractivity contribution < 1.29 is 0 Å². The van der Waals surface area contributed by atoms with E-state index in [0.29, 0.717) is 5.92 Å². The molecule has 2 aliphatic rings. The summed E-state index contributed by atoms with van der Waals surface area (Å²) in [5.41, 5.74) is 1.32. The average molecular weight is 308 g/mol. The van der Waals surface area contributed by atoms with Gasteiger partial charge in [-0.2, -0.15) is 0 Å². The lowest BCUT2D eigenvalue weighted by Gasteiger charge is -2.37. The van der Waals surface area contributed by atoms with Crippen LogP contribution in [0.5, 0.6) is 0 Å². The molecule has 21 heavy (non-hydrogen) atoms. The number of piperazine rings is 1. The number of hydrogen-bond donors (Lipinski definition) is 1. The van der Waals surface area contributed by atoms with E-state index in [1.54, 1.807) is 0 Å². The Labute approximate surface area is 132 Å². The first-order valence-electron chi connectivity index (χ1n) is 8.36. The van der Waals surface area contributed by atoms with Gasteiger partial charge in [0.15, 0.2) is 5.13 Å². The van der Waals surface area contributed by atoms with Gasteiger partial charge in [-0.25, -0.2) is 4.98 Å². The zero-order valence-corrected chi connectivity index (χ0v) is 14.4. The molecule has 0 radical (unpaired) electrons. The molecule has 2 aliphatic heterocycles. The van der Waals surface area contributed by atoms with Crippen LogP contribution in [0.4, 0.5) is 5.13 Å². The fourth-order valence-electron chi connectivity index (χ4n) is 3.52. The van der Waals surface area contributed by atoms with Crippen LogP contribution in [-0.2, 0) is 6.54 Å². The molecule has 2 unspecified atom stereocenters. The highest BCUT2D eigenvalue weighted by atomic mass is 32.1. The molecule has 3 rings (SSSR count). The molecule has 0 bridgehead atoms. The lowest BCUT2D eigenvalue weighted by molar-refractivity contribution is 0.231. The summed E-state index contributed by atoms with van der Waals surface area (Å²) in [6, 6.07) is 0.766. The van der Waals surface area contributed by atoms with Gasteiger partial charge in [0.1, 0.15) is 0 Å². The zero-order valence-electron chi connectivity index (χ0n) is 13.6.